The zero-order chi connectivity index (χ0) is 14.1. The fraction of sp³-hybridized carbons (Fsp3) is 0.786. The van der Waals surface area contributed by atoms with E-state index >= 15 is 0 Å². The molecule has 1 saturated heterocycles. The predicted octanol–water partition coefficient (Wildman–Crippen LogP) is 1.61. The van der Waals surface area contributed by atoms with E-state index in [2.05, 4.69) is 12.2 Å². The first-order valence-corrected chi connectivity index (χ1v) is 7.25. The Hall–Kier alpha value is -1.39. The van der Waals surface area contributed by atoms with E-state index < -0.39 is 0 Å². The van der Waals surface area contributed by atoms with Crippen LogP contribution in [-0.4, -0.2) is 35.7 Å². The summed E-state index contributed by atoms with van der Waals surface area (Å²) in [5.41, 5.74) is 0. The standard InChI is InChI=1S/C14H24N2O3/c1-2-3-10-15-12(17)7-5-4-6-11-16-13(18)8-9-14(16)19/h2-11H2,1H3,(H,15,17). The summed E-state index contributed by atoms with van der Waals surface area (Å²) in [5, 5.41) is 2.87. The van der Waals surface area contributed by atoms with Gasteiger partial charge in [-0.1, -0.05) is 19.8 Å². The second-order valence-corrected chi connectivity index (χ2v) is 4.95. The van der Waals surface area contributed by atoms with Gasteiger partial charge in [0.1, 0.15) is 0 Å². The first-order chi connectivity index (χ1) is 9.15. The third-order valence-electron chi connectivity index (χ3n) is 3.29. The van der Waals surface area contributed by atoms with Crippen molar-refractivity contribution in [2.24, 2.45) is 0 Å². The molecule has 5 nitrogen and oxygen atoms in total. The van der Waals surface area contributed by atoms with Crippen LogP contribution in [0.5, 0.6) is 0 Å². The van der Waals surface area contributed by atoms with Crippen molar-refractivity contribution >= 4 is 17.7 Å². The lowest BCUT2D eigenvalue weighted by Crippen LogP contribution is -2.30. The van der Waals surface area contributed by atoms with E-state index in [9.17, 15) is 14.4 Å². The van der Waals surface area contributed by atoms with Crippen LogP contribution in [0.3, 0.4) is 0 Å². The Labute approximate surface area is 114 Å². The normalized spacial score (nSPS) is 15.1. The molecular formula is C14H24N2O3. The summed E-state index contributed by atoms with van der Waals surface area (Å²) >= 11 is 0. The summed E-state index contributed by atoms with van der Waals surface area (Å²) in [4.78, 5) is 35.4. The minimum absolute atomic E-state index is 0.0534. The van der Waals surface area contributed by atoms with Crippen LogP contribution in [-0.2, 0) is 14.4 Å². The van der Waals surface area contributed by atoms with E-state index in [0.29, 0.717) is 25.8 Å². The van der Waals surface area contributed by atoms with Gasteiger partial charge in [0.25, 0.3) is 0 Å². The van der Waals surface area contributed by atoms with Crippen LogP contribution in [0.2, 0.25) is 0 Å². The molecule has 0 unspecified atom stereocenters. The number of hydrogen-bond acceptors (Lipinski definition) is 3. The van der Waals surface area contributed by atoms with Crippen molar-refractivity contribution in [3.63, 3.8) is 0 Å². The predicted molar refractivity (Wildman–Crippen MR) is 72.3 cm³/mol. The van der Waals surface area contributed by atoms with Crippen LogP contribution in [0.4, 0.5) is 0 Å². The minimum Gasteiger partial charge on any atom is -0.356 e. The van der Waals surface area contributed by atoms with Crippen molar-refractivity contribution in [1.82, 2.24) is 10.2 Å². The van der Waals surface area contributed by atoms with Crippen molar-refractivity contribution in [2.45, 2.75) is 58.3 Å². The number of likely N-dealkylation sites (tertiary alicyclic amines) is 1. The van der Waals surface area contributed by atoms with Crippen molar-refractivity contribution in [1.29, 1.82) is 0 Å². The first kappa shape index (κ1) is 15.7. The van der Waals surface area contributed by atoms with Gasteiger partial charge in [0.05, 0.1) is 0 Å². The Morgan fingerprint density at radius 1 is 1.11 bits per heavy atom. The van der Waals surface area contributed by atoms with E-state index in [1.807, 2.05) is 0 Å². The number of nitrogens with zero attached hydrogens (tertiary/aromatic N) is 1. The van der Waals surface area contributed by atoms with Gasteiger partial charge in [-0.2, -0.15) is 0 Å². The molecule has 19 heavy (non-hydrogen) atoms. The topological polar surface area (TPSA) is 66.5 Å². The molecule has 0 saturated carbocycles. The summed E-state index contributed by atoms with van der Waals surface area (Å²) in [6, 6.07) is 0. The largest absolute Gasteiger partial charge is 0.356 e. The van der Waals surface area contributed by atoms with Crippen LogP contribution in [0.1, 0.15) is 58.3 Å². The molecule has 1 heterocycles. The Bertz CT molecular complexity index is 313. The van der Waals surface area contributed by atoms with E-state index in [0.717, 1.165) is 38.6 Å². The Morgan fingerprint density at radius 2 is 1.79 bits per heavy atom. The van der Waals surface area contributed by atoms with Crippen molar-refractivity contribution in [3.8, 4) is 0 Å². The van der Waals surface area contributed by atoms with Gasteiger partial charge in [-0.15, -0.1) is 0 Å². The monoisotopic (exact) mass is 268 g/mol. The molecule has 1 aliphatic rings. The van der Waals surface area contributed by atoms with E-state index in [1.165, 1.54) is 4.90 Å². The summed E-state index contributed by atoms with van der Waals surface area (Å²) in [5.74, 6) is -0.00797. The van der Waals surface area contributed by atoms with Crippen molar-refractivity contribution in [3.05, 3.63) is 0 Å². The fourth-order valence-electron chi connectivity index (χ4n) is 2.10. The average molecular weight is 268 g/mol. The highest BCUT2D eigenvalue weighted by Crippen LogP contribution is 2.13. The molecule has 0 atom stereocenters. The van der Waals surface area contributed by atoms with Crippen molar-refractivity contribution in [2.75, 3.05) is 13.1 Å². The molecule has 1 N–H and O–H groups in total. The lowest BCUT2D eigenvalue weighted by molar-refractivity contribution is -0.138. The molecule has 0 aromatic carbocycles. The number of carbonyl (C=O) groups is 3. The molecule has 0 radical (unpaired) electrons. The van der Waals surface area contributed by atoms with Crippen LogP contribution < -0.4 is 5.32 Å². The number of nitrogens with one attached hydrogen (secondary N) is 1. The van der Waals surface area contributed by atoms with Crippen LogP contribution in [0, 0.1) is 0 Å². The maximum atomic E-state index is 11.4. The Balaban J connectivity index is 2.00. The van der Waals surface area contributed by atoms with Gasteiger partial charge in [0.15, 0.2) is 0 Å². The quantitative estimate of drug-likeness (QED) is 0.510. The van der Waals surface area contributed by atoms with Crippen LogP contribution >= 0.6 is 0 Å². The lowest BCUT2D eigenvalue weighted by atomic mass is 10.2. The fourth-order valence-corrected chi connectivity index (χ4v) is 2.10. The molecular weight excluding hydrogens is 244 g/mol. The Kier molecular flexibility index (Phi) is 7.15. The van der Waals surface area contributed by atoms with E-state index in [4.69, 9.17) is 0 Å². The highest BCUT2D eigenvalue weighted by molar-refractivity contribution is 6.01. The third kappa shape index (κ3) is 5.85. The molecule has 1 aliphatic heterocycles. The van der Waals surface area contributed by atoms with E-state index in [-0.39, 0.29) is 17.7 Å². The van der Waals surface area contributed by atoms with Gasteiger partial charge in [0.2, 0.25) is 17.7 Å². The summed E-state index contributed by atoms with van der Waals surface area (Å²) in [7, 11) is 0. The maximum Gasteiger partial charge on any atom is 0.229 e. The zero-order valence-corrected chi connectivity index (χ0v) is 11.7. The molecule has 0 spiro atoms. The van der Waals surface area contributed by atoms with Crippen LogP contribution in [0.15, 0.2) is 0 Å². The molecule has 0 bridgehead atoms. The second-order valence-electron chi connectivity index (χ2n) is 4.95. The number of carbonyl (C=O) groups excluding carboxylic acids is 3. The van der Waals surface area contributed by atoms with Crippen molar-refractivity contribution < 1.29 is 14.4 Å². The molecule has 1 fully saturated rings. The van der Waals surface area contributed by atoms with Gasteiger partial charge < -0.3 is 5.32 Å². The minimum atomic E-state index is -0.0534. The number of imide groups is 1. The molecule has 1 rings (SSSR count). The zero-order valence-electron chi connectivity index (χ0n) is 11.7. The van der Waals surface area contributed by atoms with Gasteiger partial charge >= 0.3 is 0 Å². The number of unbranched alkanes of at least 4 members (excludes halogenated alkanes) is 3. The smallest absolute Gasteiger partial charge is 0.229 e. The number of rotatable bonds is 9. The Morgan fingerprint density at radius 3 is 2.42 bits per heavy atom. The molecule has 0 aromatic heterocycles. The SMILES string of the molecule is CCCCNC(=O)CCCCCN1C(=O)CCC1=O. The maximum absolute atomic E-state index is 11.4. The first-order valence-electron chi connectivity index (χ1n) is 7.25. The van der Waals surface area contributed by atoms with Gasteiger partial charge in [-0.25, -0.2) is 0 Å². The highest BCUT2D eigenvalue weighted by atomic mass is 16.2. The third-order valence-corrected chi connectivity index (χ3v) is 3.29. The van der Waals surface area contributed by atoms with Gasteiger partial charge in [-0.3, -0.25) is 19.3 Å². The highest BCUT2D eigenvalue weighted by Gasteiger charge is 2.27. The number of hydrogen-bond donors (Lipinski definition) is 1. The molecule has 0 aromatic rings. The average Bonchev–Trinajstić information content (AvgIpc) is 2.70. The van der Waals surface area contributed by atoms with Gasteiger partial charge in [0, 0.05) is 32.4 Å². The molecule has 0 aliphatic carbocycles. The van der Waals surface area contributed by atoms with Crippen LogP contribution in [0.25, 0.3) is 0 Å². The molecule has 108 valence electrons. The number of amides is 3. The lowest BCUT2D eigenvalue weighted by Gasteiger charge is -2.13. The summed E-state index contributed by atoms with van der Waals surface area (Å²) in [6.07, 6.45) is 5.83. The summed E-state index contributed by atoms with van der Waals surface area (Å²) in [6.45, 7) is 3.36. The van der Waals surface area contributed by atoms with Gasteiger partial charge in [-0.05, 0) is 19.3 Å². The molecule has 5 heteroatoms. The second kappa shape index (κ2) is 8.67. The molecule has 3 amide bonds. The summed E-state index contributed by atoms with van der Waals surface area (Å²) < 4.78 is 0. The van der Waals surface area contributed by atoms with E-state index in [1.54, 1.807) is 0 Å².